The number of carbonyl (C=O) groups excluding carboxylic acids is 1. The van der Waals surface area contributed by atoms with Crippen molar-refractivity contribution in [3.05, 3.63) is 82.9 Å². The predicted octanol–water partition coefficient (Wildman–Crippen LogP) is 1.53. The van der Waals surface area contributed by atoms with E-state index < -0.39 is 0 Å². The molecule has 4 aromatic rings. The number of nitrogens with zero attached hydrogens (tertiary/aromatic N) is 5. The summed E-state index contributed by atoms with van der Waals surface area (Å²) in [6, 6.07) is 8.71. The van der Waals surface area contributed by atoms with Crippen molar-refractivity contribution in [2.75, 3.05) is 5.32 Å². The first-order valence-corrected chi connectivity index (χ1v) is 8.01. The number of rotatable bonds is 4. The lowest BCUT2D eigenvalue weighted by molar-refractivity contribution is 0.102. The van der Waals surface area contributed by atoms with E-state index >= 15 is 0 Å². The van der Waals surface area contributed by atoms with Crippen LogP contribution in [0.25, 0.3) is 5.65 Å². The Kier molecular flexibility index (Phi) is 3.85. The van der Waals surface area contributed by atoms with Gasteiger partial charge in [-0.3, -0.25) is 14.3 Å². The number of carbonyl (C=O) groups is 1. The standard InChI is InChI=1S/C18H16N6O2/c1-22-7-5-13(8-17(22)25)18(26)21-14-9-19-24(11-14)12-15-10-23-6-3-2-4-16(23)20-15/h2-11H,12H2,1H3,(H,21,26). The van der Waals surface area contributed by atoms with Crippen LogP contribution in [0.1, 0.15) is 16.1 Å². The highest BCUT2D eigenvalue weighted by Gasteiger charge is 2.09. The van der Waals surface area contributed by atoms with Gasteiger partial charge in [0.1, 0.15) is 5.65 Å². The van der Waals surface area contributed by atoms with Crippen molar-refractivity contribution < 1.29 is 4.79 Å². The highest BCUT2D eigenvalue weighted by atomic mass is 16.2. The summed E-state index contributed by atoms with van der Waals surface area (Å²) in [5.41, 5.74) is 2.36. The van der Waals surface area contributed by atoms with Crippen LogP contribution < -0.4 is 10.9 Å². The number of aromatic nitrogens is 5. The van der Waals surface area contributed by atoms with Gasteiger partial charge in [0, 0.05) is 43.5 Å². The quantitative estimate of drug-likeness (QED) is 0.606. The maximum absolute atomic E-state index is 12.3. The number of hydrogen-bond donors (Lipinski definition) is 1. The fourth-order valence-electron chi connectivity index (χ4n) is 2.64. The van der Waals surface area contributed by atoms with Gasteiger partial charge in [-0.15, -0.1) is 0 Å². The number of amides is 1. The summed E-state index contributed by atoms with van der Waals surface area (Å²) in [5.74, 6) is -0.352. The molecular weight excluding hydrogens is 332 g/mol. The molecule has 0 spiro atoms. The Balaban J connectivity index is 1.48. The third kappa shape index (κ3) is 3.12. The summed E-state index contributed by atoms with van der Waals surface area (Å²) >= 11 is 0. The van der Waals surface area contributed by atoms with Gasteiger partial charge < -0.3 is 14.3 Å². The summed E-state index contributed by atoms with van der Waals surface area (Å²) in [6.45, 7) is 0.490. The molecule has 0 aliphatic heterocycles. The third-order valence-electron chi connectivity index (χ3n) is 4.00. The summed E-state index contributed by atoms with van der Waals surface area (Å²) in [6.07, 6.45) is 8.72. The summed E-state index contributed by atoms with van der Waals surface area (Å²) in [4.78, 5) is 28.4. The first kappa shape index (κ1) is 15.8. The highest BCUT2D eigenvalue weighted by Crippen LogP contribution is 2.10. The monoisotopic (exact) mass is 348 g/mol. The zero-order chi connectivity index (χ0) is 18.1. The van der Waals surface area contributed by atoms with E-state index in [0.29, 0.717) is 17.8 Å². The second-order valence-corrected chi connectivity index (χ2v) is 5.94. The van der Waals surface area contributed by atoms with E-state index in [0.717, 1.165) is 11.3 Å². The Hall–Kier alpha value is -3.68. The number of fused-ring (bicyclic) bond motifs is 1. The molecule has 4 aromatic heterocycles. The van der Waals surface area contributed by atoms with Crippen LogP contribution in [-0.4, -0.2) is 29.6 Å². The van der Waals surface area contributed by atoms with E-state index in [2.05, 4.69) is 15.4 Å². The van der Waals surface area contributed by atoms with Gasteiger partial charge in [0.2, 0.25) is 0 Å². The number of hydrogen-bond acceptors (Lipinski definition) is 4. The van der Waals surface area contributed by atoms with Gasteiger partial charge in [-0.1, -0.05) is 6.07 Å². The molecule has 0 atom stereocenters. The van der Waals surface area contributed by atoms with Crippen molar-refractivity contribution in [2.45, 2.75) is 6.54 Å². The molecule has 0 aromatic carbocycles. The smallest absolute Gasteiger partial charge is 0.256 e. The molecule has 0 saturated heterocycles. The molecule has 0 unspecified atom stereocenters. The number of pyridine rings is 2. The van der Waals surface area contributed by atoms with Crippen molar-refractivity contribution in [3.63, 3.8) is 0 Å². The van der Waals surface area contributed by atoms with Crippen molar-refractivity contribution in [1.29, 1.82) is 0 Å². The van der Waals surface area contributed by atoms with Gasteiger partial charge in [0.15, 0.2) is 0 Å². The minimum Gasteiger partial charge on any atom is -0.319 e. The minimum absolute atomic E-state index is 0.236. The second-order valence-electron chi connectivity index (χ2n) is 5.94. The van der Waals surface area contributed by atoms with Crippen molar-refractivity contribution in [2.24, 2.45) is 7.05 Å². The third-order valence-corrected chi connectivity index (χ3v) is 4.00. The number of imidazole rings is 1. The molecule has 0 aliphatic carbocycles. The summed E-state index contributed by atoms with van der Waals surface area (Å²) in [7, 11) is 1.63. The minimum atomic E-state index is -0.352. The molecule has 8 heteroatoms. The fraction of sp³-hybridized carbons (Fsp3) is 0.111. The molecule has 0 aliphatic rings. The molecule has 4 heterocycles. The average molecular weight is 348 g/mol. The van der Waals surface area contributed by atoms with Crippen LogP contribution in [0.15, 0.2) is 66.1 Å². The lowest BCUT2D eigenvalue weighted by Gasteiger charge is -2.03. The predicted molar refractivity (Wildman–Crippen MR) is 96.2 cm³/mol. The number of anilines is 1. The molecule has 130 valence electrons. The van der Waals surface area contributed by atoms with Crippen LogP contribution in [-0.2, 0) is 13.6 Å². The van der Waals surface area contributed by atoms with Gasteiger partial charge in [-0.25, -0.2) is 4.98 Å². The summed E-state index contributed by atoms with van der Waals surface area (Å²) < 4.78 is 5.04. The van der Waals surface area contributed by atoms with Crippen LogP contribution in [0.4, 0.5) is 5.69 Å². The molecule has 0 saturated carbocycles. The van der Waals surface area contributed by atoms with Gasteiger partial charge in [0.25, 0.3) is 11.5 Å². The molecule has 4 rings (SSSR count). The Bertz CT molecular complexity index is 1120. The molecule has 1 N–H and O–H groups in total. The van der Waals surface area contributed by atoms with Crippen LogP contribution in [0.5, 0.6) is 0 Å². The number of nitrogens with one attached hydrogen (secondary N) is 1. The zero-order valence-electron chi connectivity index (χ0n) is 14.0. The van der Waals surface area contributed by atoms with Gasteiger partial charge in [-0.05, 0) is 18.2 Å². The maximum Gasteiger partial charge on any atom is 0.256 e. The zero-order valence-corrected chi connectivity index (χ0v) is 14.0. The van der Waals surface area contributed by atoms with E-state index in [4.69, 9.17) is 0 Å². The Labute approximate surface area is 148 Å². The fourth-order valence-corrected chi connectivity index (χ4v) is 2.64. The SMILES string of the molecule is Cn1ccc(C(=O)Nc2cnn(Cc3cn4ccccc4n3)c2)cc1=O. The summed E-state index contributed by atoms with van der Waals surface area (Å²) in [5, 5.41) is 6.99. The molecule has 0 fully saturated rings. The van der Waals surface area contributed by atoms with E-state index in [1.165, 1.54) is 10.6 Å². The maximum atomic E-state index is 12.3. The number of aryl methyl sites for hydroxylation is 1. The lowest BCUT2D eigenvalue weighted by Crippen LogP contribution is -2.19. The van der Waals surface area contributed by atoms with E-state index in [-0.39, 0.29) is 11.5 Å². The first-order valence-electron chi connectivity index (χ1n) is 8.01. The molecule has 8 nitrogen and oxygen atoms in total. The van der Waals surface area contributed by atoms with E-state index in [1.54, 1.807) is 36.4 Å². The van der Waals surface area contributed by atoms with Gasteiger partial charge >= 0.3 is 0 Å². The highest BCUT2D eigenvalue weighted by molar-refractivity contribution is 6.03. The van der Waals surface area contributed by atoms with Crippen molar-refractivity contribution >= 4 is 17.2 Å². The Morgan fingerprint density at radius 3 is 2.88 bits per heavy atom. The van der Waals surface area contributed by atoms with Crippen LogP contribution >= 0.6 is 0 Å². The Morgan fingerprint density at radius 1 is 1.19 bits per heavy atom. The second kappa shape index (κ2) is 6.32. The van der Waals surface area contributed by atoms with Crippen molar-refractivity contribution in [1.82, 2.24) is 23.7 Å². The molecule has 0 radical (unpaired) electrons. The average Bonchev–Trinajstić information content (AvgIpc) is 3.23. The molecule has 0 bridgehead atoms. The van der Waals surface area contributed by atoms with Crippen LogP contribution in [0, 0.1) is 0 Å². The normalized spacial score (nSPS) is 11.0. The van der Waals surface area contributed by atoms with Crippen LogP contribution in [0.2, 0.25) is 0 Å². The van der Waals surface area contributed by atoms with Gasteiger partial charge in [0.05, 0.1) is 24.1 Å². The lowest BCUT2D eigenvalue weighted by atomic mass is 10.2. The molecule has 1 amide bonds. The molecule has 26 heavy (non-hydrogen) atoms. The van der Waals surface area contributed by atoms with Crippen molar-refractivity contribution in [3.8, 4) is 0 Å². The van der Waals surface area contributed by atoms with Crippen LogP contribution in [0.3, 0.4) is 0 Å². The van der Waals surface area contributed by atoms with E-state index in [9.17, 15) is 9.59 Å². The first-order chi connectivity index (χ1) is 12.6. The largest absolute Gasteiger partial charge is 0.319 e. The topological polar surface area (TPSA) is 86.2 Å². The Morgan fingerprint density at radius 2 is 2.08 bits per heavy atom. The van der Waals surface area contributed by atoms with Gasteiger partial charge in [-0.2, -0.15) is 5.10 Å². The molecular formula is C18H16N6O2. The van der Waals surface area contributed by atoms with E-state index in [1.807, 2.05) is 35.0 Å².